The molecule has 0 rings (SSSR count). The molecule has 0 aliphatic carbocycles. The third-order valence-corrected chi connectivity index (χ3v) is 4.25. The molecule has 1 unspecified atom stereocenters. The normalized spacial score (nSPS) is 12.8. The number of hydrogen-bond donors (Lipinski definition) is 1. The highest BCUT2D eigenvalue weighted by molar-refractivity contribution is 5.81. The maximum Gasteiger partial charge on any atom is 0.137 e. The Balaban J connectivity index is 3.37. The minimum Gasteiger partial charge on any atom is -0.330 e. The lowest BCUT2D eigenvalue weighted by atomic mass is 9.89. The predicted molar refractivity (Wildman–Crippen MR) is 88.9 cm³/mol. The van der Waals surface area contributed by atoms with E-state index in [9.17, 15) is 4.79 Å². The van der Waals surface area contributed by atoms with E-state index < -0.39 is 0 Å². The third kappa shape index (κ3) is 10.4. The zero-order valence-corrected chi connectivity index (χ0v) is 14.1. The van der Waals surface area contributed by atoms with Crippen molar-refractivity contribution in [1.29, 1.82) is 0 Å². The molecular weight excluding hydrogens is 246 g/mol. The first kappa shape index (κ1) is 19.6. The number of rotatable bonds is 14. The third-order valence-electron chi connectivity index (χ3n) is 4.25. The van der Waals surface area contributed by atoms with Crippen LogP contribution in [0.4, 0.5) is 0 Å². The van der Waals surface area contributed by atoms with Gasteiger partial charge in [0.05, 0.1) is 0 Å². The van der Waals surface area contributed by atoms with Gasteiger partial charge in [-0.3, -0.25) is 4.79 Å². The Morgan fingerprint density at radius 3 is 1.70 bits per heavy atom. The number of carbonyl (C=O) groups excluding carboxylic acids is 1. The first-order valence-electron chi connectivity index (χ1n) is 8.86. The second kappa shape index (κ2) is 13.6. The molecule has 1 atom stereocenters. The second-order valence-electron chi connectivity index (χ2n) is 6.48. The van der Waals surface area contributed by atoms with Crippen molar-refractivity contribution in [3.8, 4) is 0 Å². The molecule has 0 aliphatic heterocycles. The van der Waals surface area contributed by atoms with Crippen molar-refractivity contribution in [3.05, 3.63) is 0 Å². The van der Waals surface area contributed by atoms with Gasteiger partial charge in [-0.2, -0.15) is 0 Å². The number of ketones is 1. The summed E-state index contributed by atoms with van der Waals surface area (Å²) in [5, 5.41) is 0. The van der Waals surface area contributed by atoms with E-state index in [1.54, 1.807) is 0 Å². The predicted octanol–water partition coefficient (Wildman–Crippen LogP) is 5.10. The van der Waals surface area contributed by atoms with Crippen molar-refractivity contribution in [2.45, 2.75) is 91.4 Å². The number of hydrogen-bond acceptors (Lipinski definition) is 2. The summed E-state index contributed by atoms with van der Waals surface area (Å²) in [6, 6.07) is 0. The van der Waals surface area contributed by atoms with Gasteiger partial charge in [0.2, 0.25) is 0 Å². The smallest absolute Gasteiger partial charge is 0.137 e. The molecule has 0 aromatic heterocycles. The molecule has 2 nitrogen and oxygen atoms in total. The highest BCUT2D eigenvalue weighted by atomic mass is 16.1. The SMILES string of the molecule is CCCCCCCCCCCCC(=O)C(CN)C(C)C. The van der Waals surface area contributed by atoms with E-state index in [4.69, 9.17) is 5.73 Å². The monoisotopic (exact) mass is 283 g/mol. The maximum atomic E-state index is 12.0. The van der Waals surface area contributed by atoms with Crippen molar-refractivity contribution in [1.82, 2.24) is 0 Å². The second-order valence-corrected chi connectivity index (χ2v) is 6.48. The van der Waals surface area contributed by atoms with Gasteiger partial charge in [0, 0.05) is 18.9 Å². The zero-order chi connectivity index (χ0) is 15.2. The lowest BCUT2D eigenvalue weighted by Gasteiger charge is -2.17. The lowest BCUT2D eigenvalue weighted by molar-refractivity contribution is -0.123. The summed E-state index contributed by atoms with van der Waals surface area (Å²) in [4.78, 5) is 12.0. The van der Waals surface area contributed by atoms with Crippen LogP contribution in [0.3, 0.4) is 0 Å². The topological polar surface area (TPSA) is 43.1 Å². The van der Waals surface area contributed by atoms with Gasteiger partial charge in [-0.25, -0.2) is 0 Å². The van der Waals surface area contributed by atoms with Gasteiger partial charge in [0.15, 0.2) is 0 Å². The minimum atomic E-state index is 0.0774. The zero-order valence-electron chi connectivity index (χ0n) is 14.1. The first-order valence-corrected chi connectivity index (χ1v) is 8.86. The van der Waals surface area contributed by atoms with E-state index >= 15 is 0 Å². The standard InChI is InChI=1S/C18H37NO/c1-4-5-6-7-8-9-10-11-12-13-14-18(20)17(15-19)16(2)3/h16-17H,4-15,19H2,1-3H3. The molecule has 0 bridgehead atoms. The van der Waals surface area contributed by atoms with Crippen LogP contribution in [0.2, 0.25) is 0 Å². The Morgan fingerprint density at radius 2 is 1.30 bits per heavy atom. The Hall–Kier alpha value is -0.370. The molecular formula is C18H37NO. The van der Waals surface area contributed by atoms with Gasteiger partial charge in [-0.1, -0.05) is 78.6 Å². The molecule has 0 aromatic carbocycles. The number of unbranched alkanes of at least 4 members (excludes halogenated alkanes) is 9. The van der Waals surface area contributed by atoms with Crippen molar-refractivity contribution in [2.24, 2.45) is 17.6 Å². The van der Waals surface area contributed by atoms with Gasteiger partial charge < -0.3 is 5.73 Å². The molecule has 2 N–H and O–H groups in total. The molecule has 0 heterocycles. The number of nitrogens with two attached hydrogens (primary N) is 1. The molecule has 120 valence electrons. The van der Waals surface area contributed by atoms with E-state index in [2.05, 4.69) is 20.8 Å². The summed E-state index contributed by atoms with van der Waals surface area (Å²) in [6.45, 7) is 6.95. The van der Waals surface area contributed by atoms with Crippen LogP contribution in [0.5, 0.6) is 0 Å². The van der Waals surface area contributed by atoms with E-state index in [1.807, 2.05) is 0 Å². The van der Waals surface area contributed by atoms with Crippen LogP contribution >= 0.6 is 0 Å². The molecule has 2 heteroatoms. The van der Waals surface area contributed by atoms with Crippen LogP contribution in [0.25, 0.3) is 0 Å². The summed E-state index contributed by atoms with van der Waals surface area (Å²) in [6.07, 6.45) is 13.9. The van der Waals surface area contributed by atoms with Crippen molar-refractivity contribution in [2.75, 3.05) is 6.54 Å². The van der Waals surface area contributed by atoms with E-state index in [1.165, 1.54) is 57.8 Å². The summed E-state index contributed by atoms with van der Waals surface area (Å²) < 4.78 is 0. The van der Waals surface area contributed by atoms with E-state index in [-0.39, 0.29) is 5.92 Å². The Kier molecular flexibility index (Phi) is 13.4. The summed E-state index contributed by atoms with van der Waals surface area (Å²) in [5.74, 6) is 0.839. The van der Waals surface area contributed by atoms with Crippen LogP contribution in [-0.4, -0.2) is 12.3 Å². The average molecular weight is 284 g/mol. The molecule has 0 amide bonds. The van der Waals surface area contributed by atoms with Gasteiger partial charge in [0.1, 0.15) is 5.78 Å². The van der Waals surface area contributed by atoms with Crippen LogP contribution < -0.4 is 5.73 Å². The number of Topliss-reactive ketones (excluding diaryl/α,β-unsaturated/α-hetero) is 1. The fourth-order valence-electron chi connectivity index (χ4n) is 2.75. The van der Waals surface area contributed by atoms with Crippen molar-refractivity contribution in [3.63, 3.8) is 0 Å². The molecule has 0 fully saturated rings. The van der Waals surface area contributed by atoms with Crippen LogP contribution in [0.15, 0.2) is 0 Å². The molecule has 0 saturated heterocycles. The highest BCUT2D eigenvalue weighted by Crippen LogP contribution is 2.16. The van der Waals surface area contributed by atoms with Gasteiger partial charge >= 0.3 is 0 Å². The van der Waals surface area contributed by atoms with E-state index in [0.717, 1.165) is 12.8 Å². The van der Waals surface area contributed by atoms with E-state index in [0.29, 0.717) is 18.2 Å². The summed E-state index contributed by atoms with van der Waals surface area (Å²) >= 11 is 0. The molecule has 0 radical (unpaired) electrons. The highest BCUT2D eigenvalue weighted by Gasteiger charge is 2.19. The van der Waals surface area contributed by atoms with Crippen LogP contribution in [0.1, 0.15) is 91.4 Å². The largest absolute Gasteiger partial charge is 0.330 e. The molecule has 20 heavy (non-hydrogen) atoms. The van der Waals surface area contributed by atoms with Gasteiger partial charge in [-0.15, -0.1) is 0 Å². The van der Waals surface area contributed by atoms with Gasteiger partial charge in [-0.05, 0) is 12.3 Å². The molecule has 0 aliphatic rings. The molecule has 0 saturated carbocycles. The van der Waals surface area contributed by atoms with Crippen LogP contribution in [-0.2, 0) is 4.79 Å². The molecule has 0 spiro atoms. The summed E-state index contributed by atoms with van der Waals surface area (Å²) in [7, 11) is 0. The van der Waals surface area contributed by atoms with Crippen molar-refractivity contribution >= 4 is 5.78 Å². The first-order chi connectivity index (χ1) is 9.63. The number of carbonyl (C=O) groups is 1. The van der Waals surface area contributed by atoms with Gasteiger partial charge in [0.25, 0.3) is 0 Å². The molecule has 0 aromatic rings. The van der Waals surface area contributed by atoms with Crippen molar-refractivity contribution < 1.29 is 4.79 Å². The Morgan fingerprint density at radius 1 is 0.850 bits per heavy atom. The fraction of sp³-hybridized carbons (Fsp3) is 0.944. The fourth-order valence-corrected chi connectivity index (χ4v) is 2.75. The Labute approximate surface area is 126 Å². The summed E-state index contributed by atoms with van der Waals surface area (Å²) in [5.41, 5.74) is 5.67. The average Bonchev–Trinajstić information content (AvgIpc) is 2.41. The Bertz CT molecular complexity index is 225. The lowest BCUT2D eigenvalue weighted by Crippen LogP contribution is -2.28. The quantitative estimate of drug-likeness (QED) is 0.451. The minimum absolute atomic E-state index is 0.0774. The van der Waals surface area contributed by atoms with Crippen LogP contribution in [0, 0.1) is 11.8 Å². The maximum absolute atomic E-state index is 12.0.